The monoisotopic (exact) mass is 369 g/mol. The van der Waals surface area contributed by atoms with Crippen LogP contribution in [-0.2, 0) is 6.54 Å². The zero-order chi connectivity index (χ0) is 19.8. The molecule has 0 aliphatic carbocycles. The Morgan fingerprint density at radius 2 is 1.82 bits per heavy atom. The number of hydrogen-bond donors (Lipinski definition) is 0. The average molecular weight is 369 g/mol. The second-order valence-electron chi connectivity index (χ2n) is 7.07. The van der Waals surface area contributed by atoms with E-state index in [1.807, 2.05) is 63.2 Å². The van der Waals surface area contributed by atoms with Gasteiger partial charge in [-0.3, -0.25) is 9.55 Å². The molecule has 4 aromatic rings. The first kappa shape index (κ1) is 17.7. The van der Waals surface area contributed by atoms with E-state index >= 15 is 0 Å². The van der Waals surface area contributed by atoms with E-state index in [0.29, 0.717) is 17.7 Å². The van der Waals surface area contributed by atoms with E-state index < -0.39 is 0 Å². The number of nitriles is 1. The Morgan fingerprint density at radius 3 is 2.54 bits per heavy atom. The fraction of sp³-hybridized carbons (Fsp3) is 0.174. The van der Waals surface area contributed by atoms with E-state index in [1.54, 1.807) is 10.8 Å². The normalized spacial score (nSPS) is 10.9. The minimum Gasteiger partial charge on any atom is -0.408 e. The topological polar surface area (TPSA) is 71.8 Å². The summed E-state index contributed by atoms with van der Waals surface area (Å²) in [4.78, 5) is 16.9. The molecule has 0 saturated carbocycles. The third-order valence-corrected chi connectivity index (χ3v) is 4.91. The van der Waals surface area contributed by atoms with Crippen molar-refractivity contribution in [2.24, 2.45) is 0 Å². The largest absolute Gasteiger partial charge is 0.420 e. The molecule has 0 aliphatic rings. The van der Waals surface area contributed by atoms with Crippen LogP contribution in [0.15, 0.2) is 57.9 Å². The number of aromatic nitrogens is 2. The molecule has 5 nitrogen and oxygen atoms in total. The van der Waals surface area contributed by atoms with E-state index in [0.717, 1.165) is 39.0 Å². The molecule has 28 heavy (non-hydrogen) atoms. The number of nitrogens with zero attached hydrogens (tertiary/aromatic N) is 3. The van der Waals surface area contributed by atoms with Gasteiger partial charge in [0.1, 0.15) is 0 Å². The Bertz CT molecular complexity index is 1280. The van der Waals surface area contributed by atoms with Crippen molar-refractivity contribution in [3.8, 4) is 17.3 Å². The number of hydrogen-bond acceptors (Lipinski definition) is 4. The highest BCUT2D eigenvalue weighted by Crippen LogP contribution is 2.27. The lowest BCUT2D eigenvalue weighted by Gasteiger charge is -2.11. The third kappa shape index (κ3) is 3.10. The van der Waals surface area contributed by atoms with E-state index in [4.69, 9.17) is 9.68 Å². The van der Waals surface area contributed by atoms with Crippen molar-refractivity contribution < 1.29 is 4.42 Å². The molecule has 0 aliphatic heterocycles. The van der Waals surface area contributed by atoms with Crippen LogP contribution < -0.4 is 5.76 Å². The van der Waals surface area contributed by atoms with Crippen molar-refractivity contribution in [1.29, 1.82) is 5.26 Å². The highest BCUT2D eigenvalue weighted by Gasteiger charge is 2.13. The summed E-state index contributed by atoms with van der Waals surface area (Å²) in [5.74, 6) is -0.371. The second-order valence-corrected chi connectivity index (χ2v) is 7.07. The summed E-state index contributed by atoms with van der Waals surface area (Å²) in [6.07, 6.45) is 1.75. The van der Waals surface area contributed by atoms with Crippen LogP contribution >= 0.6 is 0 Å². The summed E-state index contributed by atoms with van der Waals surface area (Å²) in [7, 11) is 0. The lowest BCUT2D eigenvalue weighted by atomic mass is 9.96. The van der Waals surface area contributed by atoms with Gasteiger partial charge >= 0.3 is 5.76 Å². The predicted octanol–water partition coefficient (Wildman–Crippen LogP) is 4.50. The van der Waals surface area contributed by atoms with Gasteiger partial charge in [-0.05, 0) is 79.4 Å². The summed E-state index contributed by atoms with van der Waals surface area (Å²) in [6, 6.07) is 15.6. The van der Waals surface area contributed by atoms with Crippen LogP contribution in [0.2, 0.25) is 0 Å². The highest BCUT2D eigenvalue weighted by molar-refractivity contribution is 5.74. The first-order valence-electron chi connectivity index (χ1n) is 9.03. The Morgan fingerprint density at radius 1 is 1.07 bits per heavy atom. The molecule has 0 amide bonds. The van der Waals surface area contributed by atoms with Crippen molar-refractivity contribution >= 4 is 11.1 Å². The summed E-state index contributed by atoms with van der Waals surface area (Å²) in [6.45, 7) is 6.33. The molecule has 2 heterocycles. The number of aryl methyl sites for hydroxylation is 3. The maximum atomic E-state index is 12.3. The van der Waals surface area contributed by atoms with Crippen LogP contribution in [-0.4, -0.2) is 9.55 Å². The van der Waals surface area contributed by atoms with E-state index in [-0.39, 0.29) is 5.76 Å². The number of oxazole rings is 1. The smallest absolute Gasteiger partial charge is 0.408 e. The first-order chi connectivity index (χ1) is 13.5. The molecule has 0 bridgehead atoms. The lowest BCUT2D eigenvalue weighted by Crippen LogP contribution is -2.15. The van der Waals surface area contributed by atoms with Crippen LogP contribution in [0.5, 0.6) is 0 Å². The molecule has 5 heteroatoms. The van der Waals surface area contributed by atoms with Gasteiger partial charge in [-0.25, -0.2) is 4.79 Å². The molecule has 2 aromatic heterocycles. The van der Waals surface area contributed by atoms with Gasteiger partial charge in [-0.1, -0.05) is 6.07 Å². The van der Waals surface area contributed by atoms with Gasteiger partial charge in [-0.2, -0.15) is 5.26 Å². The van der Waals surface area contributed by atoms with Gasteiger partial charge in [-0.15, -0.1) is 0 Å². The van der Waals surface area contributed by atoms with Gasteiger partial charge in [0.25, 0.3) is 0 Å². The van der Waals surface area contributed by atoms with Crippen LogP contribution in [0.3, 0.4) is 0 Å². The molecule has 0 radical (unpaired) electrons. The minimum absolute atomic E-state index is 0.371. The molecule has 0 spiro atoms. The van der Waals surface area contributed by atoms with Crippen LogP contribution in [0.25, 0.3) is 22.4 Å². The van der Waals surface area contributed by atoms with Crippen molar-refractivity contribution in [3.63, 3.8) is 0 Å². The van der Waals surface area contributed by atoms with Gasteiger partial charge in [0, 0.05) is 11.8 Å². The Labute approximate surface area is 162 Å². The first-order valence-corrected chi connectivity index (χ1v) is 9.03. The van der Waals surface area contributed by atoms with Gasteiger partial charge in [0.05, 0.1) is 29.4 Å². The van der Waals surface area contributed by atoms with Crippen LogP contribution in [0.1, 0.15) is 27.8 Å². The Hall–Kier alpha value is -3.65. The second kappa shape index (κ2) is 6.82. The quantitative estimate of drug-likeness (QED) is 0.533. The maximum absolute atomic E-state index is 12.3. The maximum Gasteiger partial charge on any atom is 0.420 e. The number of rotatable bonds is 3. The lowest BCUT2D eigenvalue weighted by molar-refractivity contribution is 0.517. The van der Waals surface area contributed by atoms with Gasteiger partial charge in [0.15, 0.2) is 5.58 Å². The summed E-state index contributed by atoms with van der Waals surface area (Å²) in [5, 5.41) is 9.16. The SMILES string of the molecule is Cc1ccc2c(c1)oc(=O)n2Cc1ccnc(-c2c(C)cc(C#N)cc2C)c1. The molecule has 0 N–H and O–H groups in total. The van der Waals surface area contributed by atoms with Gasteiger partial charge < -0.3 is 4.42 Å². The van der Waals surface area contributed by atoms with E-state index in [1.165, 1.54) is 0 Å². The summed E-state index contributed by atoms with van der Waals surface area (Å²) in [5.41, 5.74) is 7.86. The van der Waals surface area contributed by atoms with Crippen molar-refractivity contribution in [2.45, 2.75) is 27.3 Å². The molecular formula is C23H19N3O2. The minimum atomic E-state index is -0.371. The fourth-order valence-electron chi connectivity index (χ4n) is 3.65. The molecule has 2 aromatic carbocycles. The Balaban J connectivity index is 1.77. The molecule has 0 unspecified atom stereocenters. The summed E-state index contributed by atoms with van der Waals surface area (Å²) >= 11 is 0. The number of benzene rings is 2. The zero-order valence-electron chi connectivity index (χ0n) is 16.0. The zero-order valence-corrected chi connectivity index (χ0v) is 16.0. The van der Waals surface area contributed by atoms with Crippen molar-refractivity contribution in [1.82, 2.24) is 9.55 Å². The third-order valence-electron chi connectivity index (χ3n) is 4.91. The van der Waals surface area contributed by atoms with Crippen molar-refractivity contribution in [3.05, 3.63) is 87.0 Å². The molecule has 0 fully saturated rings. The van der Waals surface area contributed by atoms with Crippen molar-refractivity contribution in [2.75, 3.05) is 0 Å². The average Bonchev–Trinajstić information content (AvgIpc) is 2.96. The molecular weight excluding hydrogens is 350 g/mol. The highest BCUT2D eigenvalue weighted by atomic mass is 16.4. The summed E-state index contributed by atoms with van der Waals surface area (Å²) < 4.78 is 7.02. The number of fused-ring (bicyclic) bond motifs is 1. The van der Waals surface area contributed by atoms with Gasteiger partial charge in [0.2, 0.25) is 0 Å². The molecule has 138 valence electrons. The van der Waals surface area contributed by atoms with E-state index in [9.17, 15) is 4.79 Å². The number of pyridine rings is 1. The molecule has 0 saturated heterocycles. The van der Waals surface area contributed by atoms with E-state index in [2.05, 4.69) is 11.1 Å². The van der Waals surface area contributed by atoms with Crippen LogP contribution in [0.4, 0.5) is 0 Å². The predicted molar refractivity (Wildman–Crippen MR) is 108 cm³/mol. The van der Waals surface area contributed by atoms with Crippen LogP contribution in [0, 0.1) is 32.1 Å². The fourth-order valence-corrected chi connectivity index (χ4v) is 3.65. The molecule has 4 rings (SSSR count). The molecule has 0 atom stereocenters. The standard InChI is InChI=1S/C23H19N3O2/c1-14-4-5-20-21(8-14)28-23(27)26(20)13-17-6-7-25-19(11-17)22-15(2)9-18(12-24)10-16(22)3/h4-11H,13H2,1-3H3. The Kier molecular flexibility index (Phi) is 4.32.